The molecule has 0 atom stereocenters. The first-order chi connectivity index (χ1) is 11.5. The van der Waals surface area contributed by atoms with Crippen molar-refractivity contribution in [2.24, 2.45) is 5.10 Å². The van der Waals surface area contributed by atoms with Gasteiger partial charge in [0.25, 0.3) is 0 Å². The summed E-state index contributed by atoms with van der Waals surface area (Å²) in [5.74, 6) is 0.339. The SMILES string of the molecule is O=C(Cc1ccc(Br)c2ccccc12)NN=Cc1cc(Br)c(Br)o1. The summed E-state index contributed by atoms with van der Waals surface area (Å²) in [6.07, 6.45) is 1.70. The van der Waals surface area contributed by atoms with Gasteiger partial charge < -0.3 is 4.42 Å². The first-order valence-electron chi connectivity index (χ1n) is 6.97. The van der Waals surface area contributed by atoms with Gasteiger partial charge in [-0.15, -0.1) is 0 Å². The molecular formula is C17H11Br3N2O2. The molecule has 1 heterocycles. The fraction of sp³-hybridized carbons (Fsp3) is 0.0588. The van der Waals surface area contributed by atoms with Crippen molar-refractivity contribution in [3.8, 4) is 0 Å². The highest BCUT2D eigenvalue weighted by atomic mass is 79.9. The van der Waals surface area contributed by atoms with E-state index >= 15 is 0 Å². The van der Waals surface area contributed by atoms with E-state index in [0.717, 1.165) is 25.3 Å². The molecule has 0 saturated heterocycles. The van der Waals surface area contributed by atoms with Gasteiger partial charge in [-0.25, -0.2) is 5.43 Å². The van der Waals surface area contributed by atoms with Crippen LogP contribution in [0.4, 0.5) is 0 Å². The second-order valence-electron chi connectivity index (χ2n) is 4.99. The molecule has 0 aliphatic heterocycles. The number of fused-ring (bicyclic) bond motifs is 1. The second kappa shape index (κ2) is 7.63. The van der Waals surface area contributed by atoms with Crippen LogP contribution in [0.3, 0.4) is 0 Å². The highest BCUT2D eigenvalue weighted by molar-refractivity contribution is 9.13. The number of halogens is 3. The number of rotatable bonds is 4. The van der Waals surface area contributed by atoms with Crippen LogP contribution in [0.1, 0.15) is 11.3 Å². The van der Waals surface area contributed by atoms with E-state index in [4.69, 9.17) is 4.42 Å². The van der Waals surface area contributed by atoms with Crippen LogP contribution in [-0.2, 0) is 11.2 Å². The molecule has 2 aromatic carbocycles. The maximum atomic E-state index is 12.1. The molecule has 1 aromatic heterocycles. The topological polar surface area (TPSA) is 54.6 Å². The lowest BCUT2D eigenvalue weighted by Crippen LogP contribution is -2.19. The van der Waals surface area contributed by atoms with E-state index in [0.29, 0.717) is 10.4 Å². The zero-order valence-electron chi connectivity index (χ0n) is 12.2. The number of hydrogen-bond donors (Lipinski definition) is 1. The van der Waals surface area contributed by atoms with E-state index in [1.54, 1.807) is 6.07 Å². The zero-order chi connectivity index (χ0) is 17.1. The van der Waals surface area contributed by atoms with Crippen LogP contribution < -0.4 is 5.43 Å². The van der Waals surface area contributed by atoms with Crippen LogP contribution in [0.15, 0.2) is 65.6 Å². The van der Waals surface area contributed by atoms with Gasteiger partial charge in [-0.3, -0.25) is 4.79 Å². The van der Waals surface area contributed by atoms with E-state index in [1.807, 2.05) is 36.4 Å². The van der Waals surface area contributed by atoms with Crippen LogP contribution in [0, 0.1) is 0 Å². The van der Waals surface area contributed by atoms with Gasteiger partial charge in [0, 0.05) is 10.5 Å². The third-order valence-electron chi connectivity index (χ3n) is 3.36. The molecule has 0 aliphatic rings. The maximum absolute atomic E-state index is 12.1. The molecule has 122 valence electrons. The summed E-state index contributed by atoms with van der Waals surface area (Å²) >= 11 is 10.1. The lowest BCUT2D eigenvalue weighted by Gasteiger charge is -2.07. The van der Waals surface area contributed by atoms with Crippen LogP contribution in [0.25, 0.3) is 10.8 Å². The predicted molar refractivity (Wildman–Crippen MR) is 105 cm³/mol. The number of nitrogens with one attached hydrogen (secondary N) is 1. The number of amides is 1. The Balaban J connectivity index is 1.70. The Morgan fingerprint density at radius 1 is 1.08 bits per heavy atom. The quantitative estimate of drug-likeness (QED) is 0.374. The smallest absolute Gasteiger partial charge is 0.244 e. The second-order valence-corrected chi connectivity index (χ2v) is 7.42. The number of hydrogen-bond acceptors (Lipinski definition) is 3. The fourth-order valence-electron chi connectivity index (χ4n) is 2.29. The average Bonchev–Trinajstić information content (AvgIpc) is 2.88. The molecule has 0 aliphatic carbocycles. The predicted octanol–water partition coefficient (Wildman–Crippen LogP) is 5.41. The molecular weight excluding hydrogens is 504 g/mol. The van der Waals surface area contributed by atoms with Gasteiger partial charge in [0.1, 0.15) is 5.76 Å². The number of carbonyl (C=O) groups is 1. The molecule has 0 fully saturated rings. The normalized spacial score (nSPS) is 11.3. The lowest BCUT2D eigenvalue weighted by atomic mass is 10.0. The minimum Gasteiger partial charge on any atom is -0.447 e. The molecule has 24 heavy (non-hydrogen) atoms. The van der Waals surface area contributed by atoms with Crippen LogP contribution in [0.2, 0.25) is 0 Å². The molecule has 0 saturated carbocycles. The van der Waals surface area contributed by atoms with Gasteiger partial charge in [0.05, 0.1) is 17.1 Å². The Labute approximate surface area is 163 Å². The van der Waals surface area contributed by atoms with Gasteiger partial charge in [0.2, 0.25) is 5.91 Å². The summed E-state index contributed by atoms with van der Waals surface area (Å²) in [5, 5.41) is 6.05. The van der Waals surface area contributed by atoms with E-state index in [2.05, 4.69) is 58.3 Å². The first-order valence-corrected chi connectivity index (χ1v) is 9.35. The summed E-state index contributed by atoms with van der Waals surface area (Å²) in [7, 11) is 0. The standard InChI is InChI=1S/C17H11Br3N2O2/c18-14-6-5-10(12-3-1-2-4-13(12)14)7-16(23)22-21-9-11-8-15(19)17(20)24-11/h1-6,8-9H,7H2,(H,22,23). The Morgan fingerprint density at radius 2 is 1.83 bits per heavy atom. The van der Waals surface area contributed by atoms with E-state index in [-0.39, 0.29) is 12.3 Å². The molecule has 7 heteroatoms. The molecule has 0 radical (unpaired) electrons. The van der Waals surface area contributed by atoms with Crippen molar-refractivity contribution in [1.29, 1.82) is 0 Å². The van der Waals surface area contributed by atoms with Gasteiger partial charge in [-0.2, -0.15) is 5.10 Å². The van der Waals surface area contributed by atoms with Crippen molar-refractivity contribution < 1.29 is 9.21 Å². The largest absolute Gasteiger partial charge is 0.447 e. The highest BCUT2D eigenvalue weighted by Crippen LogP contribution is 2.27. The minimum atomic E-state index is -0.191. The zero-order valence-corrected chi connectivity index (χ0v) is 17.0. The van der Waals surface area contributed by atoms with Crippen LogP contribution >= 0.6 is 47.8 Å². The van der Waals surface area contributed by atoms with Gasteiger partial charge >= 0.3 is 0 Å². The summed E-state index contributed by atoms with van der Waals surface area (Å²) in [4.78, 5) is 12.1. The van der Waals surface area contributed by atoms with Gasteiger partial charge in [-0.05, 0) is 54.3 Å². The van der Waals surface area contributed by atoms with E-state index < -0.39 is 0 Å². The highest BCUT2D eigenvalue weighted by Gasteiger charge is 2.08. The lowest BCUT2D eigenvalue weighted by molar-refractivity contribution is -0.120. The minimum absolute atomic E-state index is 0.191. The average molecular weight is 515 g/mol. The van der Waals surface area contributed by atoms with Crippen LogP contribution in [-0.4, -0.2) is 12.1 Å². The Morgan fingerprint density at radius 3 is 2.54 bits per heavy atom. The van der Waals surface area contributed by atoms with Crippen molar-refractivity contribution >= 4 is 70.7 Å². The van der Waals surface area contributed by atoms with Crippen molar-refractivity contribution in [3.05, 3.63) is 67.4 Å². The fourth-order valence-corrected chi connectivity index (χ4v) is 3.37. The first kappa shape index (κ1) is 17.4. The van der Waals surface area contributed by atoms with E-state index in [1.165, 1.54) is 6.21 Å². The van der Waals surface area contributed by atoms with Crippen molar-refractivity contribution in [1.82, 2.24) is 5.43 Å². The summed E-state index contributed by atoms with van der Waals surface area (Å²) in [6, 6.07) is 13.6. The van der Waals surface area contributed by atoms with Gasteiger partial charge in [-0.1, -0.05) is 46.3 Å². The van der Waals surface area contributed by atoms with E-state index in [9.17, 15) is 4.79 Å². The maximum Gasteiger partial charge on any atom is 0.244 e. The van der Waals surface area contributed by atoms with Crippen molar-refractivity contribution in [3.63, 3.8) is 0 Å². The summed E-state index contributed by atoms with van der Waals surface area (Å²) in [6.45, 7) is 0. The van der Waals surface area contributed by atoms with Crippen molar-refractivity contribution in [2.45, 2.75) is 6.42 Å². The van der Waals surface area contributed by atoms with Crippen molar-refractivity contribution in [2.75, 3.05) is 0 Å². The monoisotopic (exact) mass is 512 g/mol. The third kappa shape index (κ3) is 3.96. The molecule has 1 amide bonds. The summed E-state index contributed by atoms with van der Waals surface area (Å²) < 4.78 is 7.73. The molecule has 0 spiro atoms. The third-order valence-corrected chi connectivity index (χ3v) is 5.76. The van der Waals surface area contributed by atoms with Crippen LogP contribution in [0.5, 0.6) is 0 Å². The molecule has 0 unspecified atom stereocenters. The molecule has 4 nitrogen and oxygen atoms in total. The summed E-state index contributed by atoms with van der Waals surface area (Å²) in [5.41, 5.74) is 3.46. The molecule has 3 aromatic rings. The Bertz CT molecular complexity index is 915. The number of carbonyl (C=O) groups excluding carboxylic acids is 1. The number of nitrogens with zero attached hydrogens (tertiary/aromatic N) is 1. The van der Waals surface area contributed by atoms with Gasteiger partial charge in [0.15, 0.2) is 4.67 Å². The number of furan rings is 1. The number of hydrazone groups is 1. The number of benzene rings is 2. The molecule has 3 rings (SSSR count). The Hall–Kier alpha value is -1.44. The molecule has 0 bridgehead atoms. The Kier molecular flexibility index (Phi) is 5.53. The molecule has 1 N–H and O–H groups in total.